The van der Waals surface area contributed by atoms with Gasteiger partial charge in [-0.3, -0.25) is 0 Å². The fourth-order valence-corrected chi connectivity index (χ4v) is 21.3. The normalized spacial score (nSPS) is 12.4. The average molecular weight is 1700 g/mol. The zero-order valence-corrected chi connectivity index (χ0v) is 70.9. The van der Waals surface area contributed by atoms with Crippen molar-refractivity contribution in [1.82, 2.24) is 4.57 Å². The number of aromatic nitrogens is 1. The van der Waals surface area contributed by atoms with Gasteiger partial charge >= 0.3 is 0 Å². The molecule has 10 nitrogen and oxygen atoms in total. The first-order chi connectivity index (χ1) is 64.9. The predicted molar refractivity (Wildman–Crippen MR) is 538 cm³/mol. The molecule has 0 bridgehead atoms. The van der Waals surface area contributed by atoms with Gasteiger partial charge < -0.3 is 45.6 Å². The maximum absolute atomic E-state index is 6.48. The van der Waals surface area contributed by atoms with Crippen LogP contribution in [0.3, 0.4) is 0 Å². The largest absolute Gasteiger partial charge is 0.456 e. The van der Waals surface area contributed by atoms with E-state index < -0.39 is 0 Å². The molecule has 7 aromatic heterocycles. The topological polar surface area (TPSA) is 99.5 Å². The summed E-state index contributed by atoms with van der Waals surface area (Å²) in [6.07, 6.45) is 0. The smallest absolute Gasteiger partial charge is 0.151 e. The van der Waals surface area contributed by atoms with Gasteiger partial charge in [0.15, 0.2) is 11.5 Å². The van der Waals surface area contributed by atoms with Gasteiger partial charge in [-0.15, -0.1) is 0 Å². The molecule has 0 amide bonds. The third kappa shape index (κ3) is 11.9. The lowest BCUT2D eigenvalue weighted by Crippen LogP contribution is -2.15. The van der Waals surface area contributed by atoms with E-state index in [2.05, 4.69) is 348 Å². The highest BCUT2D eigenvalue weighted by molar-refractivity contribution is 7.99. The average Bonchev–Trinajstić information content (AvgIpc) is 1.60. The lowest BCUT2D eigenvalue weighted by molar-refractivity contribution is 0.477. The summed E-state index contributed by atoms with van der Waals surface area (Å²) in [5, 5.41) is 15.4. The van der Waals surface area contributed by atoms with E-state index in [0.717, 1.165) is 205 Å². The molecule has 0 saturated carbocycles. The Hall–Kier alpha value is -17.3. The molecule has 27 aromatic rings. The molecule has 0 radical (unpaired) electrons. The van der Waals surface area contributed by atoms with Gasteiger partial charge in [0.25, 0.3) is 0 Å². The molecule has 9 heterocycles. The van der Waals surface area contributed by atoms with E-state index >= 15 is 0 Å². The number of benzene rings is 20. The first-order valence-corrected chi connectivity index (χ1v) is 44.9. The van der Waals surface area contributed by atoms with Crippen LogP contribution in [0.4, 0.5) is 34.1 Å². The molecular weight excluding hydrogens is 1630 g/mol. The van der Waals surface area contributed by atoms with Crippen molar-refractivity contribution in [3.63, 3.8) is 0 Å². The van der Waals surface area contributed by atoms with Crippen LogP contribution in [0.5, 0.6) is 11.5 Å². The zero-order valence-electron chi connectivity index (χ0n) is 70.1. The standard InChI is InChI=1S/C48H29NO2.C36H21NO3.C36H21NO2S/c1-3-10-30(11-4-1)33-20-25-41-39(28-33)40-29-34(31-12-5-2-6-13-31)21-26-42(40)49(41)35-22-18-32(19-23-35)36-15-9-17-44-46(36)47-45(50-44)27-24-38-37-14-7-8-16-43(37)51-48(38)47;1-4-15-29-25(11-1)26-19-20-33-35(36(26)40-29)34-24(12-8-18-32(34)39-33)22-9-7-10-23(21-22)37-27-13-2-5-16-30(27)38-31-17-6-3-14-28(31)37;1-4-15-29-25(11-1)26-19-20-31-35(36(26)39-29)34-24(12-8-16-30(34)38-31)22-9-7-10-23(21-22)37-27-13-2-5-17-32(27)40-33-18-6-3-14-28(33)37/h1-29H;2*1-21H. The summed E-state index contributed by atoms with van der Waals surface area (Å²) in [6, 6.07) is 151. The number of hydrogen-bond donors (Lipinski definition) is 0. The van der Waals surface area contributed by atoms with Gasteiger partial charge in [0.2, 0.25) is 0 Å². The van der Waals surface area contributed by atoms with Crippen molar-refractivity contribution in [2.75, 3.05) is 9.80 Å². The molecule has 11 heteroatoms. The van der Waals surface area contributed by atoms with Gasteiger partial charge in [0.1, 0.15) is 67.0 Å². The Morgan fingerprint density at radius 1 is 0.183 bits per heavy atom. The van der Waals surface area contributed by atoms with Crippen LogP contribution in [-0.2, 0) is 0 Å². The molecule has 0 fully saturated rings. The maximum atomic E-state index is 6.48. The third-order valence-electron chi connectivity index (χ3n) is 26.1. The fourth-order valence-electron chi connectivity index (χ4n) is 20.3. The summed E-state index contributed by atoms with van der Waals surface area (Å²) in [5.41, 5.74) is 31.9. The van der Waals surface area contributed by atoms with E-state index in [0.29, 0.717) is 0 Å². The molecule has 2 aliphatic heterocycles. The van der Waals surface area contributed by atoms with Gasteiger partial charge in [0.05, 0.1) is 49.9 Å². The number of para-hydroxylation sites is 9. The Kier molecular flexibility index (Phi) is 16.8. The first-order valence-electron chi connectivity index (χ1n) is 44.0. The van der Waals surface area contributed by atoms with E-state index in [4.69, 9.17) is 31.2 Å². The highest BCUT2D eigenvalue weighted by Gasteiger charge is 2.30. The number of rotatable bonds is 8. The van der Waals surface area contributed by atoms with Crippen LogP contribution in [0.2, 0.25) is 0 Å². The highest BCUT2D eigenvalue weighted by Crippen LogP contribution is 2.56. The summed E-state index contributed by atoms with van der Waals surface area (Å²) in [6.45, 7) is 0. The Labute approximate surface area is 753 Å². The molecule has 0 unspecified atom stereocenters. The van der Waals surface area contributed by atoms with Gasteiger partial charge in [-0.1, -0.05) is 260 Å². The molecule has 0 aliphatic carbocycles. The van der Waals surface area contributed by atoms with Crippen molar-refractivity contribution in [1.29, 1.82) is 0 Å². The lowest BCUT2D eigenvalue weighted by atomic mass is 9.97. The van der Waals surface area contributed by atoms with E-state index in [1.165, 1.54) is 65.2 Å². The van der Waals surface area contributed by atoms with E-state index in [-0.39, 0.29) is 0 Å². The quantitative estimate of drug-likeness (QED) is 0.146. The minimum atomic E-state index is 0.821. The minimum Gasteiger partial charge on any atom is -0.456 e. The number of furan rings is 6. The van der Waals surface area contributed by atoms with Crippen LogP contribution >= 0.6 is 11.8 Å². The molecule has 0 atom stereocenters. The second-order valence-electron chi connectivity index (χ2n) is 33.5. The van der Waals surface area contributed by atoms with Crippen LogP contribution < -0.4 is 14.5 Å². The van der Waals surface area contributed by atoms with E-state index in [1.807, 2.05) is 109 Å². The van der Waals surface area contributed by atoms with Crippen LogP contribution in [0.1, 0.15) is 0 Å². The van der Waals surface area contributed by atoms with E-state index in [1.54, 1.807) is 0 Å². The Bertz CT molecular complexity index is 8840. The van der Waals surface area contributed by atoms with Crippen molar-refractivity contribution >= 4 is 199 Å². The molecule has 131 heavy (non-hydrogen) atoms. The van der Waals surface area contributed by atoms with Gasteiger partial charge in [-0.2, -0.15) is 0 Å². The second-order valence-corrected chi connectivity index (χ2v) is 34.6. The fraction of sp³-hybridized carbons (Fsp3) is 0. The molecule has 0 saturated heterocycles. The molecule has 29 rings (SSSR count). The molecule has 0 N–H and O–H groups in total. The maximum Gasteiger partial charge on any atom is 0.151 e. The van der Waals surface area contributed by atoms with Crippen molar-refractivity contribution in [3.05, 3.63) is 431 Å². The summed E-state index contributed by atoms with van der Waals surface area (Å²) in [7, 11) is 0. The van der Waals surface area contributed by atoms with Crippen LogP contribution in [0, 0.1) is 0 Å². The molecule has 20 aromatic carbocycles. The number of hydrogen-bond acceptors (Lipinski definition) is 10. The van der Waals surface area contributed by atoms with Gasteiger partial charge in [-0.05, 0) is 238 Å². The third-order valence-corrected chi connectivity index (χ3v) is 27.3. The summed E-state index contributed by atoms with van der Waals surface area (Å²) < 4.78 is 47.2. The lowest BCUT2D eigenvalue weighted by Gasteiger charge is -2.33. The minimum absolute atomic E-state index is 0.821. The number of nitrogens with zero attached hydrogens (tertiary/aromatic N) is 3. The van der Waals surface area contributed by atoms with Gasteiger partial charge in [0, 0.05) is 86.1 Å². The van der Waals surface area contributed by atoms with Crippen molar-refractivity contribution in [3.8, 4) is 72.8 Å². The van der Waals surface area contributed by atoms with Crippen LogP contribution in [0.25, 0.3) is 215 Å². The Morgan fingerprint density at radius 2 is 0.519 bits per heavy atom. The van der Waals surface area contributed by atoms with Gasteiger partial charge in [-0.25, -0.2) is 0 Å². The second kappa shape index (κ2) is 29.7. The van der Waals surface area contributed by atoms with Crippen LogP contribution in [-0.4, -0.2) is 4.57 Å². The molecule has 614 valence electrons. The highest BCUT2D eigenvalue weighted by atomic mass is 32.2. The number of ether oxygens (including phenoxy) is 1. The van der Waals surface area contributed by atoms with Crippen molar-refractivity contribution in [2.24, 2.45) is 0 Å². The Morgan fingerprint density at radius 3 is 0.954 bits per heavy atom. The van der Waals surface area contributed by atoms with Crippen molar-refractivity contribution in [2.45, 2.75) is 9.79 Å². The zero-order chi connectivity index (χ0) is 85.9. The summed E-state index contributed by atoms with van der Waals surface area (Å²) in [5.74, 6) is 1.67. The van der Waals surface area contributed by atoms with E-state index in [9.17, 15) is 0 Å². The monoisotopic (exact) mass is 1700 g/mol. The molecular formula is C120H71N3O7S. The van der Waals surface area contributed by atoms with Crippen LogP contribution in [0.15, 0.2) is 467 Å². The summed E-state index contributed by atoms with van der Waals surface area (Å²) in [4.78, 5) is 7.14. The molecule has 0 spiro atoms. The number of anilines is 6. The first kappa shape index (κ1) is 74.0. The summed E-state index contributed by atoms with van der Waals surface area (Å²) >= 11 is 1.82. The number of fused-ring (bicyclic) bond motifs is 28. The predicted octanol–water partition coefficient (Wildman–Crippen LogP) is 35.4. The molecule has 2 aliphatic rings. The van der Waals surface area contributed by atoms with Crippen molar-refractivity contribution < 1.29 is 31.2 Å². The SMILES string of the molecule is c1cc(-c2cccc3oc4ccc5c6ccccc6oc5c4c23)cc(N2c3ccccc3Oc3ccccc32)c1.c1cc(-c2cccc3oc4ccc5c6ccccc6oc5c4c23)cc(N2c3ccccc3Sc3ccccc32)c1.c1ccc(-c2ccc3c(c2)c2cc(-c4ccccc4)ccc2n3-c2ccc(-c3cccc4oc5ccc6c7ccccc7oc6c5c34)cc2)cc1. The Balaban J connectivity index is 0.000000102.